The van der Waals surface area contributed by atoms with Crippen molar-refractivity contribution in [2.75, 3.05) is 13.1 Å². The van der Waals surface area contributed by atoms with Crippen molar-refractivity contribution in [3.63, 3.8) is 0 Å². The second-order valence-corrected chi connectivity index (χ2v) is 6.09. The van der Waals surface area contributed by atoms with Gasteiger partial charge < -0.3 is 4.74 Å². The van der Waals surface area contributed by atoms with E-state index in [2.05, 4.69) is 5.10 Å². The van der Waals surface area contributed by atoms with Crippen LogP contribution in [0.5, 0.6) is 0 Å². The second kappa shape index (κ2) is 5.13. The van der Waals surface area contributed by atoms with E-state index in [-0.39, 0.29) is 12.1 Å². The number of carbonyl (C=O) groups excluding carboxylic acids is 1. The third kappa shape index (κ3) is 3.59. The van der Waals surface area contributed by atoms with E-state index in [9.17, 15) is 13.6 Å². The Labute approximate surface area is 122 Å². The first-order valence-electron chi connectivity index (χ1n) is 6.64. The quantitative estimate of drug-likeness (QED) is 0.801. The Bertz CT molecular complexity index is 573. The van der Waals surface area contributed by atoms with E-state index in [0.717, 1.165) is 4.90 Å². The number of carbonyl (C=O) groups is 1. The third-order valence-electron chi connectivity index (χ3n) is 2.97. The lowest BCUT2D eigenvalue weighted by Gasteiger charge is -2.33. The maximum Gasteiger partial charge on any atom is 0.410 e. The lowest BCUT2D eigenvalue weighted by atomic mass is 9.99. The van der Waals surface area contributed by atoms with Gasteiger partial charge in [-0.1, -0.05) is 6.08 Å². The van der Waals surface area contributed by atoms with Crippen molar-refractivity contribution in [2.24, 2.45) is 7.05 Å². The molecule has 2 heterocycles. The summed E-state index contributed by atoms with van der Waals surface area (Å²) in [7, 11) is 1.66. The van der Waals surface area contributed by atoms with E-state index < -0.39 is 24.2 Å². The highest BCUT2D eigenvalue weighted by molar-refractivity contribution is 5.75. The maximum atomic E-state index is 14.3. The monoisotopic (exact) mass is 299 g/mol. The minimum Gasteiger partial charge on any atom is -0.444 e. The largest absolute Gasteiger partial charge is 0.444 e. The molecule has 116 valence electrons. The Morgan fingerprint density at radius 1 is 1.43 bits per heavy atom. The van der Waals surface area contributed by atoms with Gasteiger partial charge in [0.15, 0.2) is 0 Å². The first kappa shape index (κ1) is 15.5. The van der Waals surface area contributed by atoms with Crippen molar-refractivity contribution < 1.29 is 18.3 Å². The van der Waals surface area contributed by atoms with Crippen LogP contribution in [0.15, 0.2) is 18.5 Å². The van der Waals surface area contributed by atoms with E-state index in [4.69, 9.17) is 4.74 Å². The first-order valence-corrected chi connectivity index (χ1v) is 6.64. The van der Waals surface area contributed by atoms with Crippen molar-refractivity contribution in [1.82, 2.24) is 14.7 Å². The molecule has 0 saturated heterocycles. The van der Waals surface area contributed by atoms with Gasteiger partial charge in [-0.25, -0.2) is 4.79 Å². The number of nitrogens with zero attached hydrogens (tertiary/aromatic N) is 3. The van der Waals surface area contributed by atoms with Crippen LogP contribution in [-0.4, -0.2) is 45.4 Å². The lowest BCUT2D eigenvalue weighted by Crippen LogP contribution is -2.46. The number of halogens is 2. The van der Waals surface area contributed by atoms with Crippen LogP contribution < -0.4 is 0 Å². The van der Waals surface area contributed by atoms with Crippen LogP contribution in [0.1, 0.15) is 26.3 Å². The topological polar surface area (TPSA) is 47.4 Å². The summed E-state index contributed by atoms with van der Waals surface area (Å²) in [4.78, 5) is 12.9. The third-order valence-corrected chi connectivity index (χ3v) is 2.97. The number of aromatic nitrogens is 2. The Morgan fingerprint density at radius 2 is 2.10 bits per heavy atom. The van der Waals surface area contributed by atoms with Crippen molar-refractivity contribution in [3.8, 4) is 0 Å². The number of ether oxygens (including phenoxy) is 1. The van der Waals surface area contributed by atoms with Crippen LogP contribution in [-0.2, 0) is 11.8 Å². The van der Waals surface area contributed by atoms with Crippen LogP contribution in [0.4, 0.5) is 13.6 Å². The predicted molar refractivity (Wildman–Crippen MR) is 73.9 cm³/mol. The molecule has 1 aromatic heterocycles. The summed E-state index contributed by atoms with van der Waals surface area (Å²) in [5.41, 5.74) is -0.443. The van der Waals surface area contributed by atoms with Gasteiger partial charge in [-0.2, -0.15) is 13.9 Å². The molecule has 0 unspecified atom stereocenters. The van der Waals surface area contributed by atoms with E-state index in [1.807, 2.05) is 0 Å². The molecule has 0 spiro atoms. The Kier molecular flexibility index (Phi) is 3.78. The fraction of sp³-hybridized carbons (Fsp3) is 0.571. The molecule has 0 atom stereocenters. The normalized spacial score (nSPS) is 18.4. The molecule has 0 fully saturated rings. The second-order valence-electron chi connectivity index (χ2n) is 6.09. The fourth-order valence-electron chi connectivity index (χ4n) is 2.10. The minimum atomic E-state index is -3.13. The molecular formula is C14H19F2N3O2. The van der Waals surface area contributed by atoms with Gasteiger partial charge in [0.1, 0.15) is 5.60 Å². The molecule has 2 rings (SSSR count). The first-order chi connectivity index (χ1) is 9.58. The van der Waals surface area contributed by atoms with Crippen LogP contribution in [0.3, 0.4) is 0 Å². The molecule has 0 N–H and O–H groups in total. The summed E-state index contributed by atoms with van der Waals surface area (Å²) in [6.45, 7) is 4.50. The van der Waals surface area contributed by atoms with Crippen LogP contribution in [0, 0.1) is 0 Å². The lowest BCUT2D eigenvalue weighted by molar-refractivity contribution is -0.0105. The molecule has 1 amide bonds. The van der Waals surface area contributed by atoms with Gasteiger partial charge in [-0.15, -0.1) is 0 Å². The summed E-state index contributed by atoms with van der Waals surface area (Å²) >= 11 is 0. The SMILES string of the molecule is Cn1cc(C2=CCN(C(=O)OC(C)(C)C)CC2(F)F)cn1. The van der Waals surface area contributed by atoms with Gasteiger partial charge in [-0.3, -0.25) is 9.58 Å². The summed E-state index contributed by atoms with van der Waals surface area (Å²) in [6.07, 6.45) is 3.54. The van der Waals surface area contributed by atoms with Gasteiger partial charge in [-0.05, 0) is 20.8 Å². The number of rotatable bonds is 1. The fourth-order valence-corrected chi connectivity index (χ4v) is 2.10. The van der Waals surface area contributed by atoms with E-state index in [1.54, 1.807) is 27.8 Å². The molecule has 1 aliphatic rings. The molecule has 1 aliphatic heterocycles. The molecule has 0 bridgehead atoms. The highest BCUT2D eigenvalue weighted by Gasteiger charge is 2.42. The van der Waals surface area contributed by atoms with Crippen molar-refractivity contribution in [1.29, 1.82) is 0 Å². The van der Waals surface area contributed by atoms with Crippen molar-refractivity contribution >= 4 is 11.7 Å². The van der Waals surface area contributed by atoms with Gasteiger partial charge in [0.25, 0.3) is 5.92 Å². The van der Waals surface area contributed by atoms with Gasteiger partial charge in [0.05, 0.1) is 12.7 Å². The van der Waals surface area contributed by atoms with E-state index in [0.29, 0.717) is 5.56 Å². The van der Waals surface area contributed by atoms with Gasteiger partial charge in [0, 0.05) is 30.9 Å². The highest BCUT2D eigenvalue weighted by Crippen LogP contribution is 2.36. The number of alkyl halides is 2. The zero-order valence-corrected chi connectivity index (χ0v) is 12.6. The number of amides is 1. The Hall–Kier alpha value is -1.92. The van der Waals surface area contributed by atoms with Gasteiger partial charge >= 0.3 is 6.09 Å². The zero-order valence-electron chi connectivity index (χ0n) is 12.6. The van der Waals surface area contributed by atoms with Crippen LogP contribution in [0.2, 0.25) is 0 Å². The molecule has 1 aromatic rings. The molecule has 0 radical (unpaired) electrons. The summed E-state index contributed by atoms with van der Waals surface area (Å²) in [5, 5.41) is 3.90. The number of hydrogen-bond acceptors (Lipinski definition) is 3. The summed E-state index contributed by atoms with van der Waals surface area (Å²) in [5.74, 6) is -3.13. The van der Waals surface area contributed by atoms with Gasteiger partial charge in [0.2, 0.25) is 0 Å². The molecule has 0 aliphatic carbocycles. The standard InChI is InChI=1S/C14H19F2N3O2/c1-13(2,3)21-12(20)19-6-5-11(14(15,16)9-19)10-7-17-18(4)8-10/h5,7-8H,6,9H2,1-4H3. The average Bonchev–Trinajstić information content (AvgIpc) is 2.71. The van der Waals surface area contributed by atoms with Crippen LogP contribution in [0.25, 0.3) is 5.57 Å². The smallest absolute Gasteiger partial charge is 0.410 e. The number of aryl methyl sites for hydroxylation is 1. The highest BCUT2D eigenvalue weighted by atomic mass is 19.3. The molecule has 7 heteroatoms. The van der Waals surface area contributed by atoms with Crippen LogP contribution >= 0.6 is 0 Å². The molecule has 5 nitrogen and oxygen atoms in total. The molecule has 21 heavy (non-hydrogen) atoms. The Morgan fingerprint density at radius 3 is 2.57 bits per heavy atom. The van der Waals surface area contributed by atoms with E-state index in [1.165, 1.54) is 23.2 Å². The zero-order chi connectivity index (χ0) is 15.8. The average molecular weight is 299 g/mol. The van der Waals surface area contributed by atoms with Crippen molar-refractivity contribution in [2.45, 2.75) is 32.3 Å². The Balaban J connectivity index is 2.18. The molecule has 0 aromatic carbocycles. The summed E-state index contributed by atoms with van der Waals surface area (Å²) in [6, 6.07) is 0. The van der Waals surface area contributed by atoms with Crippen molar-refractivity contribution in [3.05, 3.63) is 24.0 Å². The minimum absolute atomic E-state index is 0.0920. The number of hydrogen-bond donors (Lipinski definition) is 0. The predicted octanol–water partition coefficient (Wildman–Crippen LogP) is 2.69. The molecule has 0 saturated carbocycles. The maximum absolute atomic E-state index is 14.3. The summed E-state index contributed by atoms with van der Waals surface area (Å²) < 4.78 is 35.1. The molecular weight excluding hydrogens is 280 g/mol. The van der Waals surface area contributed by atoms with E-state index >= 15 is 0 Å².